The lowest BCUT2D eigenvalue weighted by atomic mass is 10.1. The molecule has 1 fully saturated rings. The minimum atomic E-state index is -0.0164. The van der Waals surface area contributed by atoms with Crippen molar-refractivity contribution in [2.75, 3.05) is 13.1 Å². The standard InChI is InChI=1S/C17H23N5O2/c1-10-6-11(2)22(18-10)15-7-20(8-15)16(24)9-21-13(4)17(14(5)23)12(3)19-21/h6,15H,7-9H2,1-5H3. The molecule has 2 aromatic rings. The number of carbonyl (C=O) groups excluding carboxylic acids is 2. The number of carbonyl (C=O) groups is 2. The minimum Gasteiger partial charge on any atom is -0.337 e. The lowest BCUT2D eigenvalue weighted by molar-refractivity contribution is -0.138. The van der Waals surface area contributed by atoms with Crippen molar-refractivity contribution in [1.29, 1.82) is 0 Å². The van der Waals surface area contributed by atoms with Gasteiger partial charge in [0.25, 0.3) is 0 Å². The van der Waals surface area contributed by atoms with Gasteiger partial charge in [0.05, 0.1) is 23.0 Å². The van der Waals surface area contributed by atoms with Crippen molar-refractivity contribution in [3.8, 4) is 0 Å². The van der Waals surface area contributed by atoms with Gasteiger partial charge in [-0.2, -0.15) is 10.2 Å². The summed E-state index contributed by atoms with van der Waals surface area (Å²) in [5.41, 5.74) is 4.17. The fourth-order valence-corrected chi connectivity index (χ4v) is 3.42. The SMILES string of the molecule is CC(=O)c1c(C)nn(CC(=O)N2CC(n3nc(C)cc3C)C2)c1C. The van der Waals surface area contributed by atoms with Crippen LogP contribution in [0.3, 0.4) is 0 Å². The highest BCUT2D eigenvalue weighted by Crippen LogP contribution is 2.23. The van der Waals surface area contributed by atoms with Crippen molar-refractivity contribution in [2.24, 2.45) is 0 Å². The predicted molar refractivity (Wildman–Crippen MR) is 89.0 cm³/mol. The molecule has 24 heavy (non-hydrogen) atoms. The normalized spacial score (nSPS) is 14.8. The molecular weight excluding hydrogens is 306 g/mol. The Kier molecular flexibility index (Phi) is 4.03. The maximum atomic E-state index is 12.5. The first-order valence-corrected chi connectivity index (χ1v) is 8.13. The van der Waals surface area contributed by atoms with Gasteiger partial charge >= 0.3 is 0 Å². The summed E-state index contributed by atoms with van der Waals surface area (Å²) >= 11 is 0. The highest BCUT2D eigenvalue weighted by Gasteiger charge is 2.33. The van der Waals surface area contributed by atoms with E-state index < -0.39 is 0 Å². The summed E-state index contributed by atoms with van der Waals surface area (Å²) in [4.78, 5) is 25.9. The zero-order valence-electron chi connectivity index (χ0n) is 14.8. The van der Waals surface area contributed by atoms with Crippen molar-refractivity contribution in [2.45, 2.75) is 47.2 Å². The summed E-state index contributed by atoms with van der Waals surface area (Å²) in [7, 11) is 0. The predicted octanol–water partition coefficient (Wildman–Crippen LogP) is 1.60. The first kappa shape index (κ1) is 16.4. The molecule has 0 bridgehead atoms. The zero-order valence-corrected chi connectivity index (χ0v) is 14.8. The van der Waals surface area contributed by atoms with Crippen molar-refractivity contribution < 1.29 is 9.59 Å². The number of nitrogens with zero attached hydrogens (tertiary/aromatic N) is 5. The summed E-state index contributed by atoms with van der Waals surface area (Å²) in [5.74, 6) is 0.00530. The van der Waals surface area contributed by atoms with Gasteiger partial charge < -0.3 is 4.90 Å². The van der Waals surface area contributed by atoms with Gasteiger partial charge in [-0.25, -0.2) is 0 Å². The maximum absolute atomic E-state index is 12.5. The average molecular weight is 329 g/mol. The van der Waals surface area contributed by atoms with Crippen LogP contribution in [0.25, 0.3) is 0 Å². The monoisotopic (exact) mass is 329 g/mol. The molecule has 0 saturated carbocycles. The van der Waals surface area contributed by atoms with Gasteiger partial charge in [-0.05, 0) is 40.7 Å². The molecule has 0 aromatic carbocycles. The molecule has 3 rings (SSSR count). The molecule has 0 radical (unpaired) electrons. The van der Waals surface area contributed by atoms with Crippen LogP contribution in [0, 0.1) is 27.7 Å². The fourth-order valence-electron chi connectivity index (χ4n) is 3.42. The Balaban J connectivity index is 1.65. The second-order valence-corrected chi connectivity index (χ2v) is 6.58. The third-order valence-electron chi connectivity index (χ3n) is 4.62. The van der Waals surface area contributed by atoms with E-state index in [4.69, 9.17) is 0 Å². The van der Waals surface area contributed by atoms with E-state index in [1.807, 2.05) is 36.4 Å². The van der Waals surface area contributed by atoms with Gasteiger partial charge in [-0.3, -0.25) is 19.0 Å². The van der Waals surface area contributed by atoms with Crippen LogP contribution in [0.5, 0.6) is 0 Å². The maximum Gasteiger partial charge on any atom is 0.244 e. The second kappa shape index (κ2) is 5.89. The molecule has 7 nitrogen and oxygen atoms in total. The molecule has 2 aromatic heterocycles. The number of rotatable bonds is 4. The number of hydrogen-bond acceptors (Lipinski definition) is 4. The van der Waals surface area contributed by atoms with Crippen LogP contribution in [-0.2, 0) is 11.3 Å². The number of hydrogen-bond donors (Lipinski definition) is 0. The molecule has 0 aliphatic carbocycles. The molecule has 0 unspecified atom stereocenters. The zero-order chi connectivity index (χ0) is 17.6. The lowest BCUT2D eigenvalue weighted by Gasteiger charge is -2.39. The number of ketones is 1. The van der Waals surface area contributed by atoms with E-state index in [1.165, 1.54) is 6.92 Å². The van der Waals surface area contributed by atoms with Gasteiger partial charge in [0.1, 0.15) is 6.54 Å². The van der Waals surface area contributed by atoms with E-state index in [2.05, 4.69) is 10.2 Å². The molecule has 1 amide bonds. The first-order chi connectivity index (χ1) is 11.3. The van der Waals surface area contributed by atoms with Crippen LogP contribution in [0.15, 0.2) is 6.07 Å². The molecule has 3 heterocycles. The number of aromatic nitrogens is 4. The third-order valence-corrected chi connectivity index (χ3v) is 4.62. The van der Waals surface area contributed by atoms with E-state index in [1.54, 1.807) is 11.6 Å². The number of likely N-dealkylation sites (tertiary alicyclic amines) is 1. The molecule has 1 saturated heterocycles. The molecule has 0 spiro atoms. The molecule has 7 heteroatoms. The molecule has 1 aliphatic rings. The molecule has 0 atom stereocenters. The third kappa shape index (κ3) is 2.74. The fraction of sp³-hybridized carbons (Fsp3) is 0.529. The van der Waals surface area contributed by atoms with Gasteiger partial charge in [0.15, 0.2) is 5.78 Å². The Hall–Kier alpha value is -2.44. The highest BCUT2D eigenvalue weighted by molar-refractivity contribution is 5.96. The molecular formula is C17H23N5O2. The van der Waals surface area contributed by atoms with Crippen molar-refractivity contribution in [3.05, 3.63) is 34.4 Å². The van der Waals surface area contributed by atoms with Gasteiger partial charge in [-0.15, -0.1) is 0 Å². The van der Waals surface area contributed by atoms with Crippen LogP contribution in [0.1, 0.15) is 46.1 Å². The van der Waals surface area contributed by atoms with Crippen LogP contribution >= 0.6 is 0 Å². The van der Waals surface area contributed by atoms with Crippen LogP contribution < -0.4 is 0 Å². The Morgan fingerprint density at radius 1 is 1.17 bits per heavy atom. The van der Waals surface area contributed by atoms with Crippen molar-refractivity contribution in [3.63, 3.8) is 0 Å². The Morgan fingerprint density at radius 2 is 1.83 bits per heavy atom. The van der Waals surface area contributed by atoms with E-state index in [0.717, 1.165) is 17.1 Å². The van der Waals surface area contributed by atoms with E-state index in [-0.39, 0.29) is 24.3 Å². The summed E-state index contributed by atoms with van der Waals surface area (Å²) in [6.07, 6.45) is 0. The summed E-state index contributed by atoms with van der Waals surface area (Å²) in [6.45, 7) is 10.7. The van der Waals surface area contributed by atoms with E-state index >= 15 is 0 Å². The van der Waals surface area contributed by atoms with Gasteiger partial charge in [0, 0.05) is 24.5 Å². The van der Waals surface area contributed by atoms with Gasteiger partial charge in [-0.1, -0.05) is 0 Å². The van der Waals surface area contributed by atoms with Gasteiger partial charge in [0.2, 0.25) is 5.91 Å². The number of Topliss-reactive ketones (excluding diaryl/α,β-unsaturated/α-hetero) is 1. The Morgan fingerprint density at radius 3 is 2.33 bits per heavy atom. The average Bonchev–Trinajstić information content (AvgIpc) is 2.88. The van der Waals surface area contributed by atoms with Crippen molar-refractivity contribution in [1.82, 2.24) is 24.5 Å². The minimum absolute atomic E-state index is 0.0164. The highest BCUT2D eigenvalue weighted by atomic mass is 16.2. The van der Waals surface area contributed by atoms with Crippen LogP contribution in [0.4, 0.5) is 0 Å². The first-order valence-electron chi connectivity index (χ1n) is 8.13. The van der Waals surface area contributed by atoms with Crippen LogP contribution in [-0.4, -0.2) is 49.2 Å². The summed E-state index contributed by atoms with van der Waals surface area (Å²) in [6, 6.07) is 2.29. The molecule has 1 aliphatic heterocycles. The lowest BCUT2D eigenvalue weighted by Crippen LogP contribution is -2.52. The quantitative estimate of drug-likeness (QED) is 0.799. The largest absolute Gasteiger partial charge is 0.337 e. The van der Waals surface area contributed by atoms with Crippen LogP contribution in [0.2, 0.25) is 0 Å². The van der Waals surface area contributed by atoms with E-state index in [9.17, 15) is 9.59 Å². The number of aryl methyl sites for hydroxylation is 3. The van der Waals surface area contributed by atoms with Crippen molar-refractivity contribution >= 4 is 11.7 Å². The Bertz CT molecular complexity index is 811. The smallest absolute Gasteiger partial charge is 0.244 e. The summed E-state index contributed by atoms with van der Waals surface area (Å²) in [5, 5.41) is 8.82. The molecule has 128 valence electrons. The summed E-state index contributed by atoms with van der Waals surface area (Å²) < 4.78 is 3.63. The Labute approximate surface area is 141 Å². The number of amides is 1. The second-order valence-electron chi connectivity index (χ2n) is 6.58. The topological polar surface area (TPSA) is 73.0 Å². The molecule has 0 N–H and O–H groups in total. The van der Waals surface area contributed by atoms with E-state index in [0.29, 0.717) is 24.3 Å².